The summed E-state index contributed by atoms with van der Waals surface area (Å²) in [6.45, 7) is 3.26. The maximum atomic E-state index is 6.16. The first-order valence-corrected chi connectivity index (χ1v) is 7.99. The Morgan fingerprint density at radius 2 is 2.00 bits per heavy atom. The van der Waals surface area contributed by atoms with Crippen molar-refractivity contribution in [1.29, 1.82) is 0 Å². The Morgan fingerprint density at radius 1 is 1.24 bits per heavy atom. The number of nitrogen functional groups attached to an aromatic ring is 1. The average molecular weight is 283 g/mol. The number of nitrogens with zero attached hydrogens (tertiary/aromatic N) is 2. The van der Waals surface area contributed by atoms with E-state index in [0.29, 0.717) is 11.9 Å². The Balaban J connectivity index is 1.82. The van der Waals surface area contributed by atoms with E-state index in [9.17, 15) is 0 Å². The molecule has 0 bridgehead atoms. The molecule has 0 spiro atoms. The highest BCUT2D eigenvalue weighted by molar-refractivity contribution is 5.81. The summed E-state index contributed by atoms with van der Waals surface area (Å²) in [5.74, 6) is 1.45. The van der Waals surface area contributed by atoms with Gasteiger partial charge in [0.05, 0.1) is 5.52 Å². The molecular formula is C18H25N3. The Kier molecular flexibility index (Phi) is 4.11. The average Bonchev–Trinajstić information content (AvgIpc) is 2.48. The molecule has 3 rings (SSSR count). The van der Waals surface area contributed by atoms with Crippen molar-refractivity contribution >= 4 is 16.7 Å². The van der Waals surface area contributed by atoms with E-state index in [4.69, 9.17) is 5.73 Å². The van der Waals surface area contributed by atoms with Crippen molar-refractivity contribution in [2.24, 2.45) is 5.92 Å². The van der Waals surface area contributed by atoms with Crippen molar-refractivity contribution in [1.82, 2.24) is 9.88 Å². The molecule has 21 heavy (non-hydrogen) atoms. The van der Waals surface area contributed by atoms with Gasteiger partial charge in [-0.15, -0.1) is 0 Å². The fourth-order valence-corrected chi connectivity index (χ4v) is 3.64. The van der Waals surface area contributed by atoms with Crippen LogP contribution in [-0.4, -0.2) is 23.0 Å². The highest BCUT2D eigenvalue weighted by Gasteiger charge is 2.25. The Bertz CT molecular complexity index is 623. The lowest BCUT2D eigenvalue weighted by atomic mass is 9.85. The van der Waals surface area contributed by atoms with Gasteiger partial charge in [-0.2, -0.15) is 0 Å². The fourth-order valence-electron chi connectivity index (χ4n) is 3.64. The molecular weight excluding hydrogens is 258 g/mol. The second-order valence-electron chi connectivity index (χ2n) is 6.47. The van der Waals surface area contributed by atoms with Crippen molar-refractivity contribution in [3.05, 3.63) is 35.9 Å². The zero-order valence-corrected chi connectivity index (χ0v) is 13.0. The lowest BCUT2D eigenvalue weighted by Gasteiger charge is -2.36. The summed E-state index contributed by atoms with van der Waals surface area (Å²) in [5, 5.41) is 1.17. The van der Waals surface area contributed by atoms with Gasteiger partial charge in [-0.3, -0.25) is 4.90 Å². The van der Waals surface area contributed by atoms with Gasteiger partial charge in [-0.25, -0.2) is 4.98 Å². The van der Waals surface area contributed by atoms with Crippen LogP contribution < -0.4 is 5.73 Å². The molecule has 1 saturated carbocycles. The second kappa shape index (κ2) is 6.02. The molecule has 112 valence electrons. The minimum atomic E-state index is 0.670. The van der Waals surface area contributed by atoms with Crippen LogP contribution in [0.15, 0.2) is 30.3 Å². The van der Waals surface area contributed by atoms with Crippen molar-refractivity contribution in [3.8, 4) is 0 Å². The van der Waals surface area contributed by atoms with Gasteiger partial charge in [0, 0.05) is 23.5 Å². The molecule has 1 aromatic heterocycles. The summed E-state index contributed by atoms with van der Waals surface area (Å²) in [4.78, 5) is 7.01. The van der Waals surface area contributed by atoms with E-state index in [1.54, 1.807) is 0 Å². The molecule has 2 atom stereocenters. The first-order valence-electron chi connectivity index (χ1n) is 7.99. The predicted molar refractivity (Wildman–Crippen MR) is 89.0 cm³/mol. The van der Waals surface area contributed by atoms with E-state index in [-0.39, 0.29) is 0 Å². The zero-order valence-electron chi connectivity index (χ0n) is 13.0. The van der Waals surface area contributed by atoms with Crippen LogP contribution >= 0.6 is 0 Å². The number of nitrogens with two attached hydrogens (primary N) is 1. The van der Waals surface area contributed by atoms with E-state index >= 15 is 0 Å². The molecule has 0 aliphatic heterocycles. The molecule has 0 saturated heterocycles. The number of hydrogen-bond acceptors (Lipinski definition) is 3. The van der Waals surface area contributed by atoms with Crippen LogP contribution in [0.2, 0.25) is 0 Å². The van der Waals surface area contributed by atoms with Gasteiger partial charge in [-0.1, -0.05) is 38.0 Å². The van der Waals surface area contributed by atoms with Crippen LogP contribution in [0, 0.1) is 5.92 Å². The van der Waals surface area contributed by atoms with Crippen LogP contribution in [0.3, 0.4) is 0 Å². The van der Waals surface area contributed by atoms with E-state index in [1.165, 1.54) is 31.1 Å². The standard InChI is InChI=1S/C18H25N3/c1-13-7-3-6-10-17(13)21(2)12-15-11-14-8-4-5-9-16(14)20-18(15)19/h4-5,8-9,11,13,17H,3,6-7,10,12H2,1-2H3,(H2,19,20). The third kappa shape index (κ3) is 3.03. The van der Waals surface area contributed by atoms with Crippen LogP contribution in [-0.2, 0) is 6.54 Å². The number of rotatable bonds is 3. The predicted octanol–water partition coefficient (Wildman–Crippen LogP) is 3.83. The summed E-state index contributed by atoms with van der Waals surface area (Å²) >= 11 is 0. The molecule has 3 heteroatoms. The molecule has 1 aliphatic carbocycles. The summed E-state index contributed by atoms with van der Waals surface area (Å²) < 4.78 is 0. The van der Waals surface area contributed by atoms with E-state index in [1.807, 2.05) is 12.1 Å². The number of hydrogen-bond donors (Lipinski definition) is 1. The van der Waals surface area contributed by atoms with E-state index in [0.717, 1.165) is 23.5 Å². The molecule has 0 radical (unpaired) electrons. The number of benzene rings is 1. The maximum absolute atomic E-state index is 6.16. The minimum absolute atomic E-state index is 0.670. The van der Waals surface area contributed by atoms with Crippen molar-refractivity contribution < 1.29 is 0 Å². The Hall–Kier alpha value is -1.61. The van der Waals surface area contributed by atoms with Crippen LogP contribution in [0.4, 0.5) is 5.82 Å². The number of anilines is 1. The molecule has 2 unspecified atom stereocenters. The summed E-state index contributed by atoms with van der Waals surface area (Å²) in [6.07, 6.45) is 5.38. The van der Waals surface area contributed by atoms with Crippen molar-refractivity contribution in [2.75, 3.05) is 12.8 Å². The topological polar surface area (TPSA) is 42.2 Å². The van der Waals surface area contributed by atoms with Gasteiger partial charge in [0.25, 0.3) is 0 Å². The molecule has 3 nitrogen and oxygen atoms in total. The largest absolute Gasteiger partial charge is 0.383 e. The zero-order chi connectivity index (χ0) is 14.8. The fraction of sp³-hybridized carbons (Fsp3) is 0.500. The molecule has 1 fully saturated rings. The first-order chi connectivity index (χ1) is 10.1. The molecule has 1 aromatic carbocycles. The molecule has 2 N–H and O–H groups in total. The van der Waals surface area contributed by atoms with Crippen molar-refractivity contribution in [2.45, 2.75) is 45.2 Å². The highest BCUT2D eigenvalue weighted by Crippen LogP contribution is 2.29. The number of fused-ring (bicyclic) bond motifs is 1. The number of pyridine rings is 1. The minimum Gasteiger partial charge on any atom is -0.383 e. The number of para-hydroxylation sites is 1. The molecule has 2 aromatic rings. The van der Waals surface area contributed by atoms with Crippen LogP contribution in [0.1, 0.15) is 38.2 Å². The summed E-state index contributed by atoms with van der Waals surface area (Å²) in [6, 6.07) is 11.0. The smallest absolute Gasteiger partial charge is 0.128 e. The quantitative estimate of drug-likeness (QED) is 0.931. The van der Waals surface area contributed by atoms with Gasteiger partial charge < -0.3 is 5.73 Å². The van der Waals surface area contributed by atoms with Crippen LogP contribution in [0.25, 0.3) is 10.9 Å². The highest BCUT2D eigenvalue weighted by atomic mass is 15.1. The summed E-state index contributed by atoms with van der Waals surface area (Å²) in [5.41, 5.74) is 8.29. The molecule has 1 aliphatic rings. The maximum Gasteiger partial charge on any atom is 0.128 e. The lowest BCUT2D eigenvalue weighted by Crippen LogP contribution is -2.38. The number of aromatic nitrogens is 1. The third-order valence-corrected chi connectivity index (χ3v) is 4.89. The van der Waals surface area contributed by atoms with Gasteiger partial charge in [0.15, 0.2) is 0 Å². The monoisotopic (exact) mass is 283 g/mol. The Labute approximate surface area is 127 Å². The SMILES string of the molecule is CC1CCCCC1N(C)Cc1cc2ccccc2nc1N. The first kappa shape index (κ1) is 14.3. The second-order valence-corrected chi connectivity index (χ2v) is 6.47. The Morgan fingerprint density at radius 3 is 2.81 bits per heavy atom. The normalized spacial score (nSPS) is 22.8. The van der Waals surface area contributed by atoms with E-state index < -0.39 is 0 Å². The van der Waals surface area contributed by atoms with E-state index in [2.05, 4.69) is 42.1 Å². The van der Waals surface area contributed by atoms with Gasteiger partial charge in [0.1, 0.15) is 5.82 Å². The van der Waals surface area contributed by atoms with Gasteiger partial charge >= 0.3 is 0 Å². The lowest BCUT2D eigenvalue weighted by molar-refractivity contribution is 0.133. The van der Waals surface area contributed by atoms with Gasteiger partial charge in [0.2, 0.25) is 0 Å². The molecule has 1 heterocycles. The summed E-state index contributed by atoms with van der Waals surface area (Å²) in [7, 11) is 2.22. The third-order valence-electron chi connectivity index (χ3n) is 4.89. The van der Waals surface area contributed by atoms with Gasteiger partial charge in [-0.05, 0) is 37.9 Å². The molecule has 0 amide bonds. The van der Waals surface area contributed by atoms with Crippen molar-refractivity contribution in [3.63, 3.8) is 0 Å². The van der Waals surface area contributed by atoms with Crippen LogP contribution in [0.5, 0.6) is 0 Å².